The van der Waals surface area contributed by atoms with Crippen molar-refractivity contribution in [3.8, 4) is 11.3 Å². The molecule has 1 aromatic heterocycles. The molecule has 0 aliphatic heterocycles. The van der Waals surface area contributed by atoms with Crippen LogP contribution in [0.15, 0.2) is 58.4 Å². The fourth-order valence-corrected chi connectivity index (χ4v) is 6.82. The Balaban J connectivity index is 1.50. The van der Waals surface area contributed by atoms with E-state index < -0.39 is 0 Å². The van der Waals surface area contributed by atoms with Gasteiger partial charge in [-0.3, -0.25) is 9.36 Å². The molecule has 6 rings (SSSR count). The van der Waals surface area contributed by atoms with Gasteiger partial charge in [0.2, 0.25) is 5.95 Å². The van der Waals surface area contributed by atoms with E-state index in [0.717, 1.165) is 67.3 Å². The Morgan fingerprint density at radius 2 is 1.69 bits per heavy atom. The van der Waals surface area contributed by atoms with Crippen molar-refractivity contribution in [3.63, 3.8) is 0 Å². The number of hydrazone groups is 1. The second-order valence-corrected chi connectivity index (χ2v) is 11.2. The van der Waals surface area contributed by atoms with Gasteiger partial charge in [0, 0.05) is 22.0 Å². The van der Waals surface area contributed by atoms with Gasteiger partial charge in [0.25, 0.3) is 5.56 Å². The average Bonchev–Trinajstić information content (AvgIpc) is 2.91. The highest BCUT2D eigenvalue weighted by molar-refractivity contribution is 6.30. The Morgan fingerprint density at radius 3 is 2.47 bits per heavy atom. The summed E-state index contributed by atoms with van der Waals surface area (Å²) in [6.07, 6.45) is 14.0. The summed E-state index contributed by atoms with van der Waals surface area (Å²) >= 11 is 6.03. The number of nitrogens with zero attached hydrogens (tertiary/aromatic N) is 3. The molecule has 3 aromatic rings. The van der Waals surface area contributed by atoms with Crippen molar-refractivity contribution in [3.05, 3.63) is 80.6 Å². The molecule has 2 saturated carbocycles. The molecule has 0 radical (unpaired) electrons. The number of benzene rings is 2. The minimum Gasteiger partial charge on any atom is -0.274 e. The van der Waals surface area contributed by atoms with Crippen molar-refractivity contribution < 1.29 is 0 Å². The van der Waals surface area contributed by atoms with Crippen molar-refractivity contribution >= 4 is 23.8 Å². The maximum absolute atomic E-state index is 14.5. The van der Waals surface area contributed by atoms with E-state index in [2.05, 4.69) is 34.8 Å². The summed E-state index contributed by atoms with van der Waals surface area (Å²) in [7, 11) is 0. The van der Waals surface area contributed by atoms with Crippen LogP contribution in [0.25, 0.3) is 11.3 Å². The van der Waals surface area contributed by atoms with Crippen LogP contribution in [0.4, 0.5) is 5.95 Å². The fraction of sp³-hybridized carbons (Fsp3) is 0.433. The standard InChI is InChI=1S/C30H33ClN4O/c31-23-15-13-21(14-16-23)20-32-34-29-33-27-25-12-6-5-9-22(25)19-30(17-7-2-8-18-30)26(27)28(36)35(29)24-10-3-1-4-11-24/h5-6,9,12-16,20,24H,1-4,7-8,10-11,17-19H2,(H,33,34). The van der Waals surface area contributed by atoms with E-state index >= 15 is 0 Å². The molecule has 0 saturated heterocycles. The van der Waals surface area contributed by atoms with Crippen molar-refractivity contribution in [1.82, 2.24) is 9.55 Å². The van der Waals surface area contributed by atoms with E-state index in [9.17, 15) is 4.79 Å². The van der Waals surface area contributed by atoms with Crippen molar-refractivity contribution in [2.45, 2.75) is 82.1 Å². The van der Waals surface area contributed by atoms with Gasteiger partial charge in [-0.1, -0.05) is 86.5 Å². The number of anilines is 1. The molecule has 0 amide bonds. The Hall–Kier alpha value is -2.92. The van der Waals surface area contributed by atoms with Crippen LogP contribution in [0, 0.1) is 0 Å². The van der Waals surface area contributed by atoms with Crippen LogP contribution in [-0.4, -0.2) is 15.8 Å². The molecular weight excluding hydrogens is 468 g/mol. The molecule has 0 unspecified atom stereocenters. The van der Waals surface area contributed by atoms with Gasteiger partial charge in [-0.25, -0.2) is 10.4 Å². The van der Waals surface area contributed by atoms with Crippen LogP contribution in [0.1, 0.15) is 86.9 Å². The Bertz CT molecular complexity index is 1330. The maximum atomic E-state index is 14.5. The Labute approximate surface area is 217 Å². The normalized spacial score (nSPS) is 19.2. The first-order chi connectivity index (χ1) is 17.6. The predicted molar refractivity (Wildman–Crippen MR) is 147 cm³/mol. The van der Waals surface area contributed by atoms with E-state index in [1.165, 1.54) is 31.2 Å². The minimum absolute atomic E-state index is 0.104. The van der Waals surface area contributed by atoms with Crippen molar-refractivity contribution in [2.75, 3.05) is 5.43 Å². The highest BCUT2D eigenvalue weighted by Gasteiger charge is 2.44. The third-order valence-corrected chi connectivity index (χ3v) is 8.70. The average molecular weight is 501 g/mol. The SMILES string of the molecule is O=c1c2c(nc(NN=Cc3ccc(Cl)cc3)n1C1CCCCC1)-c1ccccc1CC21CCCCC1. The zero-order valence-electron chi connectivity index (χ0n) is 20.7. The topological polar surface area (TPSA) is 59.3 Å². The lowest BCUT2D eigenvalue weighted by molar-refractivity contribution is 0.278. The minimum atomic E-state index is -0.104. The third-order valence-electron chi connectivity index (χ3n) is 8.45. The zero-order chi connectivity index (χ0) is 24.5. The number of halogens is 1. The van der Waals surface area contributed by atoms with Gasteiger partial charge < -0.3 is 0 Å². The molecule has 3 aliphatic carbocycles. The molecule has 0 atom stereocenters. The van der Waals surface area contributed by atoms with Gasteiger partial charge in [0.05, 0.1) is 17.5 Å². The molecule has 6 heteroatoms. The van der Waals surface area contributed by atoms with Gasteiger partial charge in [-0.05, 0) is 55.4 Å². The smallest absolute Gasteiger partial charge is 0.259 e. The first-order valence-corrected chi connectivity index (χ1v) is 13.8. The van der Waals surface area contributed by atoms with Crippen LogP contribution < -0.4 is 11.0 Å². The van der Waals surface area contributed by atoms with Crippen LogP contribution in [-0.2, 0) is 11.8 Å². The second-order valence-electron chi connectivity index (χ2n) is 10.7. The van der Waals surface area contributed by atoms with E-state index in [1.54, 1.807) is 6.21 Å². The Morgan fingerprint density at radius 1 is 0.972 bits per heavy atom. The quantitative estimate of drug-likeness (QED) is 0.302. The van der Waals surface area contributed by atoms with Gasteiger partial charge >= 0.3 is 0 Å². The summed E-state index contributed by atoms with van der Waals surface area (Å²) in [6.45, 7) is 0. The van der Waals surface area contributed by atoms with E-state index in [1.807, 2.05) is 28.8 Å². The van der Waals surface area contributed by atoms with E-state index in [-0.39, 0.29) is 17.0 Å². The number of rotatable bonds is 4. The zero-order valence-corrected chi connectivity index (χ0v) is 21.4. The lowest BCUT2D eigenvalue weighted by Gasteiger charge is -2.42. The van der Waals surface area contributed by atoms with Gasteiger partial charge in [-0.2, -0.15) is 5.10 Å². The summed E-state index contributed by atoms with van der Waals surface area (Å²) < 4.78 is 1.96. The molecule has 186 valence electrons. The number of hydrogen-bond donors (Lipinski definition) is 1. The van der Waals surface area contributed by atoms with Gasteiger partial charge in [0.15, 0.2) is 0 Å². The molecule has 1 heterocycles. The molecular formula is C30H33ClN4O. The monoisotopic (exact) mass is 500 g/mol. The summed E-state index contributed by atoms with van der Waals surface area (Å²) in [5.74, 6) is 0.554. The first-order valence-electron chi connectivity index (χ1n) is 13.4. The molecule has 36 heavy (non-hydrogen) atoms. The fourth-order valence-electron chi connectivity index (χ4n) is 6.69. The lowest BCUT2D eigenvalue weighted by Crippen LogP contribution is -2.44. The van der Waals surface area contributed by atoms with Crippen molar-refractivity contribution in [1.29, 1.82) is 0 Å². The molecule has 2 fully saturated rings. The lowest BCUT2D eigenvalue weighted by atomic mass is 9.62. The predicted octanol–water partition coefficient (Wildman–Crippen LogP) is 7.27. The number of nitrogens with one attached hydrogen (secondary N) is 1. The molecule has 1 N–H and O–H groups in total. The number of hydrogen-bond acceptors (Lipinski definition) is 4. The third kappa shape index (κ3) is 4.28. The first kappa shape index (κ1) is 23.5. The second kappa shape index (κ2) is 9.85. The van der Waals surface area contributed by atoms with Crippen LogP contribution >= 0.6 is 11.6 Å². The van der Waals surface area contributed by atoms with Gasteiger partial charge in [-0.15, -0.1) is 0 Å². The van der Waals surface area contributed by atoms with Crippen molar-refractivity contribution in [2.24, 2.45) is 5.10 Å². The number of fused-ring (bicyclic) bond motifs is 4. The highest BCUT2D eigenvalue weighted by atomic mass is 35.5. The van der Waals surface area contributed by atoms with E-state index in [4.69, 9.17) is 16.6 Å². The maximum Gasteiger partial charge on any atom is 0.259 e. The number of aromatic nitrogens is 2. The molecule has 5 nitrogen and oxygen atoms in total. The molecule has 1 spiro atoms. The highest BCUT2D eigenvalue weighted by Crippen LogP contribution is 2.49. The summed E-state index contributed by atoms with van der Waals surface area (Å²) in [4.78, 5) is 19.7. The summed E-state index contributed by atoms with van der Waals surface area (Å²) in [6, 6.07) is 16.2. The Kier molecular flexibility index (Phi) is 6.43. The summed E-state index contributed by atoms with van der Waals surface area (Å²) in [5, 5.41) is 5.20. The molecule has 2 aromatic carbocycles. The molecule has 0 bridgehead atoms. The summed E-state index contributed by atoms with van der Waals surface area (Å²) in [5.41, 5.74) is 8.38. The van der Waals surface area contributed by atoms with Gasteiger partial charge in [0.1, 0.15) is 0 Å². The van der Waals surface area contributed by atoms with E-state index in [0.29, 0.717) is 11.0 Å². The van der Waals surface area contributed by atoms with Crippen LogP contribution in [0.2, 0.25) is 5.02 Å². The largest absolute Gasteiger partial charge is 0.274 e. The van der Waals surface area contributed by atoms with Crippen LogP contribution in [0.5, 0.6) is 0 Å². The van der Waals surface area contributed by atoms with Crippen LogP contribution in [0.3, 0.4) is 0 Å². The molecule has 3 aliphatic rings.